The number of carbonyl (C=O) groups excluding carboxylic acids is 1. The molecule has 44 nitrogen and oxygen atoms in total. The average Bonchev–Trinajstić information content (AvgIpc) is 1.64. The van der Waals surface area contributed by atoms with E-state index < -0.39 is 92.9 Å². The molecule has 145 heavy (non-hydrogen) atoms. The monoisotopic (exact) mass is 2050 g/mol. The Hall–Kier alpha value is -14.2. The third-order valence-corrected chi connectivity index (χ3v) is 34.6. The van der Waals surface area contributed by atoms with Crippen molar-refractivity contribution in [3.8, 4) is 69.7 Å². The molecule has 0 spiro atoms. The number of likely N-dealkylation sites (tertiary alicyclic amines) is 5. The quantitative estimate of drug-likeness (QED) is 0.0440. The minimum Gasteiger partial charge on any atom is -0.344 e. The lowest BCUT2D eigenvalue weighted by molar-refractivity contribution is -0.144. The number of hydrogen-bond acceptors (Lipinski definition) is 32. The molecule has 8 aliphatic heterocycles. The van der Waals surface area contributed by atoms with Crippen LogP contribution in [0.5, 0.6) is 0 Å². The molecule has 0 atom stereocenters. The van der Waals surface area contributed by atoms with E-state index in [4.69, 9.17) is 0 Å². The maximum atomic E-state index is 14.5. The summed E-state index contributed by atoms with van der Waals surface area (Å²) in [5.41, 5.74) is 2.36. The summed E-state index contributed by atoms with van der Waals surface area (Å²) in [4.78, 5) is 76.1. The van der Waals surface area contributed by atoms with Crippen molar-refractivity contribution in [1.29, 1.82) is 21.0 Å². The maximum absolute atomic E-state index is 14.5. The SMILES string of the molecule is CCS(=O)(=O)N1CCC(N2CC(CC#N)(n3ccc(-c4ncnc5[nH]ncc45)c3)C2)CC1.CCS(=O)(=O)N1CCC(N2CC(CC#N)(n3cnc(-c4ncnc5[nH]ncc45)c3)C2)CC1.N#CCC1(n2cnc(-c3ncnc4[nH]ncc34)c2)CN(C2CCN(C(=O)c3ccnc(C(F)(F)F)c3F)CC2)C1.N#CCC1(n2cnc(-c3ncnc4[nH]ncc34)c2)CN(C2CCN(S(=O)(=O)c3ccnc(C(F)(F)F)c3F)CC2)C1. The fraction of sp³-hybridized carbons (Fsp3) is 0.467. The van der Waals surface area contributed by atoms with Gasteiger partial charge in [-0.25, -0.2) is 107 Å². The van der Waals surface area contributed by atoms with E-state index in [0.29, 0.717) is 171 Å². The zero-order valence-corrected chi connectivity index (χ0v) is 80.5. The number of pyridine rings is 2. The van der Waals surface area contributed by atoms with Gasteiger partial charge >= 0.3 is 12.4 Å². The number of halogens is 8. The summed E-state index contributed by atoms with van der Waals surface area (Å²) >= 11 is 0. The third kappa shape index (κ3) is 19.3. The molecule has 8 saturated heterocycles. The zero-order chi connectivity index (χ0) is 102. The first-order valence-corrected chi connectivity index (χ1v) is 51.3. The summed E-state index contributed by atoms with van der Waals surface area (Å²) in [5.74, 6) is -4.04. The van der Waals surface area contributed by atoms with Gasteiger partial charge in [-0.2, -0.15) is 72.1 Å². The summed E-state index contributed by atoms with van der Waals surface area (Å²) < 4.78 is 194. The minimum atomic E-state index is -5.12. The number of fused-ring (bicyclic) bond motifs is 4. The van der Waals surface area contributed by atoms with E-state index in [2.05, 4.69) is 160 Å². The highest BCUT2D eigenvalue weighted by molar-refractivity contribution is 7.89. The molecule has 8 fully saturated rings. The van der Waals surface area contributed by atoms with Crippen LogP contribution in [-0.2, 0) is 64.6 Å². The number of sulfonamides is 3. The number of hydrogen-bond donors (Lipinski definition) is 4. The molecule has 8 aliphatic rings. The Morgan fingerprint density at radius 1 is 0.400 bits per heavy atom. The molecule has 0 aromatic carbocycles. The van der Waals surface area contributed by atoms with Crippen molar-refractivity contribution in [2.75, 3.05) is 116 Å². The summed E-state index contributed by atoms with van der Waals surface area (Å²) in [7, 11) is -10.7. The Kier molecular flexibility index (Phi) is 27.3. The molecule has 55 heteroatoms. The molecule has 756 valence electrons. The van der Waals surface area contributed by atoms with Gasteiger partial charge in [0.25, 0.3) is 5.91 Å². The molecule has 22 heterocycles. The second kappa shape index (κ2) is 39.8. The standard InChI is InChI=1S/C25H22F4N10O.C24H22F4N10O2S.C21H26N8O2S.C20H25N9O2S/c26-19-16(1-6-31-21(19)25(27,28)29)23(40)37-7-2-15(3-8-37)38-11-24(12-38,4-5-30)39-10-18(34-14-39)20-17-9-35-36-22(17)33-13-32-20;25-19-18(1-6-30-21(19)24(26,27)28)41(39,40)38-7-2-15(3-8-38)36-11-23(12-36,4-5-29)37-10-17(33-14-37)20-16-9-34-35-22(16)32-13-31-20;1-2-32(30,31)29-9-4-17(5-10-29)27-13-21(14-27,6-7-22)28-8-3-16(12-28)19-18-11-25-26-20(18)24-15-23-19;1-2-32(30,31)29-7-3-15(4-8-29)27-11-20(12-27,5-6-21)28-10-17(24-14-28)18-16-9-25-26-19(16)23-13-22-18/h1,6,9-10,13-15H,2-4,7-8,11-12H2,(H,32,33,35,36);1,6,9-10,13-15H,2-4,7-8,11-12H2,(H,31,32,34,35);3,8,11-12,15,17H,2,4-6,9-10,13-14H2,1H3,(H,23,24,25,26);9-10,13-15H,2-5,7-8,11-12H2,1H3,(H,22,23,25,26). The molecule has 0 aliphatic carbocycles. The minimum absolute atomic E-state index is 0.0154. The number of imidazole rings is 3. The summed E-state index contributed by atoms with van der Waals surface area (Å²) in [6.07, 6.45) is 25.2. The van der Waals surface area contributed by atoms with Gasteiger partial charge in [0, 0.05) is 178 Å². The number of alkyl halides is 6. The highest BCUT2D eigenvalue weighted by Crippen LogP contribution is 2.45. The largest absolute Gasteiger partial charge is 0.436 e. The number of H-pyrrole nitrogens is 4. The van der Waals surface area contributed by atoms with Crippen molar-refractivity contribution in [2.45, 2.75) is 154 Å². The van der Waals surface area contributed by atoms with Crippen molar-refractivity contribution in [3.63, 3.8) is 0 Å². The molecular weight excluding hydrogens is 1960 g/mol. The molecule has 0 unspecified atom stereocenters. The van der Waals surface area contributed by atoms with Gasteiger partial charge in [-0.3, -0.25) is 44.8 Å². The predicted octanol–water partition coefficient (Wildman–Crippen LogP) is 8.06. The van der Waals surface area contributed by atoms with Crippen molar-refractivity contribution in [3.05, 3.63) is 159 Å². The smallest absolute Gasteiger partial charge is 0.344 e. The number of aromatic nitrogens is 25. The summed E-state index contributed by atoms with van der Waals surface area (Å²) in [6.45, 7) is 11.5. The van der Waals surface area contributed by atoms with E-state index in [1.54, 1.807) is 66.2 Å². The lowest BCUT2D eigenvalue weighted by Gasteiger charge is -2.54. The van der Waals surface area contributed by atoms with Crippen LogP contribution in [0.25, 0.3) is 89.6 Å². The first kappa shape index (κ1) is 99.6. The van der Waals surface area contributed by atoms with Crippen molar-refractivity contribution < 1.29 is 65.2 Å². The van der Waals surface area contributed by atoms with E-state index >= 15 is 0 Å². The Labute approximate surface area is 822 Å². The van der Waals surface area contributed by atoms with E-state index in [9.17, 15) is 86.2 Å². The number of nitrogens with one attached hydrogen (secondary N) is 4. The molecule has 22 rings (SSSR count). The Morgan fingerprint density at radius 3 is 1.06 bits per heavy atom. The lowest BCUT2D eigenvalue weighted by Crippen LogP contribution is -2.66. The summed E-state index contributed by atoms with van der Waals surface area (Å²) in [5, 5.41) is 68.7. The van der Waals surface area contributed by atoms with Crippen LogP contribution in [0, 0.1) is 57.0 Å². The molecule has 0 bridgehead atoms. The number of piperidine rings is 4. The highest BCUT2D eigenvalue weighted by Gasteiger charge is 2.54. The number of rotatable bonds is 23. The Balaban J connectivity index is 0.000000123. The van der Waals surface area contributed by atoms with Gasteiger partial charge in [0.1, 0.15) is 64.4 Å². The predicted molar refractivity (Wildman–Crippen MR) is 500 cm³/mol. The number of amides is 1. The number of aromatic amines is 4. The zero-order valence-electron chi connectivity index (χ0n) is 78.0. The molecule has 4 N–H and O–H groups in total. The van der Waals surface area contributed by atoms with E-state index in [1.165, 1.54) is 30.2 Å². The number of nitrogens with zero attached hydrogens (tertiary/aromatic N) is 33. The van der Waals surface area contributed by atoms with Crippen molar-refractivity contribution >= 4 is 80.1 Å². The molecular formula is C90H95F8N37O7S3. The average molecular weight is 2060 g/mol. The maximum Gasteiger partial charge on any atom is 0.436 e. The van der Waals surface area contributed by atoms with Gasteiger partial charge in [-0.15, -0.1) is 0 Å². The highest BCUT2D eigenvalue weighted by atomic mass is 32.2. The molecule has 1 amide bonds. The molecule has 0 saturated carbocycles. The van der Waals surface area contributed by atoms with Crippen LogP contribution in [-0.4, -0.2) is 333 Å². The Morgan fingerprint density at radius 2 is 0.717 bits per heavy atom. The third-order valence-electron chi connectivity index (χ3n) is 29.0. The summed E-state index contributed by atoms with van der Waals surface area (Å²) in [6, 6.07) is 13.8. The normalized spacial score (nSPS) is 19.2. The van der Waals surface area contributed by atoms with E-state index in [-0.39, 0.29) is 73.7 Å². The van der Waals surface area contributed by atoms with Gasteiger partial charge in [0.2, 0.25) is 30.1 Å². The van der Waals surface area contributed by atoms with Crippen LogP contribution in [0.15, 0.2) is 136 Å². The van der Waals surface area contributed by atoms with Gasteiger partial charge in [0.05, 0.1) is 160 Å². The van der Waals surface area contributed by atoms with Crippen LogP contribution in [0.4, 0.5) is 35.1 Å². The fourth-order valence-electron chi connectivity index (χ4n) is 20.9. The van der Waals surface area contributed by atoms with Crippen LogP contribution in [0.3, 0.4) is 0 Å². The van der Waals surface area contributed by atoms with Crippen LogP contribution >= 0.6 is 0 Å². The number of nitriles is 4. The van der Waals surface area contributed by atoms with Crippen LogP contribution in [0.1, 0.15) is 113 Å². The Bertz CT molecular complexity index is 7470. The first-order valence-electron chi connectivity index (χ1n) is 46.7. The second-order valence-electron chi connectivity index (χ2n) is 37.3. The topological polar surface area (TPSA) is 543 Å². The van der Waals surface area contributed by atoms with Gasteiger partial charge in [0.15, 0.2) is 45.6 Å². The van der Waals surface area contributed by atoms with Crippen molar-refractivity contribution in [1.82, 2.24) is 161 Å². The number of carbonyl (C=O) groups is 1. The van der Waals surface area contributed by atoms with E-state index in [0.717, 1.165) is 102 Å². The lowest BCUT2D eigenvalue weighted by atomic mass is 9.83. The molecule has 0 radical (unpaired) electrons. The first-order chi connectivity index (χ1) is 69.6. The van der Waals surface area contributed by atoms with Crippen LogP contribution < -0.4 is 0 Å². The second-order valence-corrected chi connectivity index (χ2v) is 43.7. The van der Waals surface area contributed by atoms with Crippen molar-refractivity contribution in [2.24, 2.45) is 0 Å². The molecule has 14 aromatic rings. The van der Waals surface area contributed by atoms with Gasteiger partial charge < -0.3 is 23.2 Å². The van der Waals surface area contributed by atoms with Crippen LogP contribution in [0.2, 0.25) is 0 Å². The van der Waals surface area contributed by atoms with E-state index in [1.807, 2.05) is 44.6 Å². The molecule has 14 aromatic heterocycles. The fourth-order valence-corrected chi connectivity index (χ4v) is 24.7. The van der Waals surface area contributed by atoms with Gasteiger partial charge in [-0.1, -0.05) is 0 Å². The van der Waals surface area contributed by atoms with Gasteiger partial charge in [-0.05, 0) is 83.4 Å².